The van der Waals surface area contributed by atoms with E-state index in [1.54, 1.807) is 17.8 Å². The minimum absolute atomic E-state index is 0.262. The number of hydrazine groups is 1. The van der Waals surface area contributed by atoms with E-state index in [1.807, 2.05) is 18.2 Å². The van der Waals surface area contributed by atoms with Gasteiger partial charge in [0.25, 0.3) is 5.91 Å². The van der Waals surface area contributed by atoms with Gasteiger partial charge in [0, 0.05) is 16.2 Å². The lowest BCUT2D eigenvalue weighted by molar-refractivity contribution is 0.0953. The molecule has 4 heteroatoms. The number of hydrogen-bond donors (Lipinski definition) is 2. The lowest BCUT2D eigenvalue weighted by atomic mass is 10.1. The summed E-state index contributed by atoms with van der Waals surface area (Å²) in [5.41, 5.74) is 5.09. The highest BCUT2D eigenvalue weighted by molar-refractivity contribution is 7.98. The predicted molar refractivity (Wildman–Crippen MR) is 78.8 cm³/mol. The largest absolute Gasteiger partial charge is 0.290 e. The van der Waals surface area contributed by atoms with Gasteiger partial charge in [-0.15, -0.1) is 11.8 Å². The summed E-state index contributed by atoms with van der Waals surface area (Å²) in [5, 5.41) is 0. The van der Waals surface area contributed by atoms with Crippen molar-refractivity contribution in [2.24, 2.45) is 5.84 Å². The Bertz CT molecular complexity index is 567. The van der Waals surface area contributed by atoms with Crippen molar-refractivity contribution in [3.8, 4) is 0 Å². The van der Waals surface area contributed by atoms with Crippen molar-refractivity contribution < 1.29 is 4.79 Å². The van der Waals surface area contributed by atoms with Crippen LogP contribution in [-0.2, 0) is 5.75 Å². The molecule has 0 fully saturated rings. The Kier molecular flexibility index (Phi) is 4.60. The van der Waals surface area contributed by atoms with E-state index in [-0.39, 0.29) is 5.91 Å². The molecule has 3 nitrogen and oxygen atoms in total. The van der Waals surface area contributed by atoms with Gasteiger partial charge in [-0.25, -0.2) is 5.84 Å². The summed E-state index contributed by atoms with van der Waals surface area (Å²) in [6, 6.07) is 15.9. The van der Waals surface area contributed by atoms with Crippen molar-refractivity contribution in [2.75, 3.05) is 0 Å². The predicted octanol–water partition coefficient (Wildman–Crippen LogP) is 2.89. The molecule has 0 unspecified atom stereocenters. The van der Waals surface area contributed by atoms with E-state index in [1.165, 1.54) is 10.5 Å². The highest BCUT2D eigenvalue weighted by Crippen LogP contribution is 2.23. The number of carbonyl (C=O) groups is 1. The highest BCUT2D eigenvalue weighted by Gasteiger charge is 2.04. The van der Waals surface area contributed by atoms with Crippen LogP contribution >= 0.6 is 11.8 Å². The third-order valence-corrected chi connectivity index (χ3v) is 3.83. The molecule has 1 amide bonds. The van der Waals surface area contributed by atoms with Gasteiger partial charge < -0.3 is 0 Å². The highest BCUT2D eigenvalue weighted by atomic mass is 32.2. The number of thioether (sulfide) groups is 1. The smallest absolute Gasteiger partial charge is 0.265 e. The molecule has 2 aromatic rings. The Hall–Kier alpha value is -1.78. The van der Waals surface area contributed by atoms with Crippen LogP contribution in [-0.4, -0.2) is 5.91 Å². The standard InChI is InChI=1S/C15H16N2OS/c1-11-5-7-14(8-6-11)19-10-12-3-2-4-13(9-12)15(18)17-16/h2-9H,10,16H2,1H3,(H,17,18). The Balaban J connectivity index is 2.03. The first kappa shape index (κ1) is 13.6. The number of aryl methyl sites for hydroxylation is 1. The summed E-state index contributed by atoms with van der Waals surface area (Å²) in [5.74, 6) is 5.69. The maximum absolute atomic E-state index is 11.4. The molecular weight excluding hydrogens is 256 g/mol. The number of nitrogens with one attached hydrogen (secondary N) is 1. The number of amides is 1. The van der Waals surface area contributed by atoms with Crippen molar-refractivity contribution in [1.29, 1.82) is 0 Å². The molecule has 0 aromatic heterocycles. The number of nitrogens with two attached hydrogens (primary N) is 1. The monoisotopic (exact) mass is 272 g/mol. The first-order valence-corrected chi connectivity index (χ1v) is 6.97. The number of hydrogen-bond acceptors (Lipinski definition) is 3. The summed E-state index contributed by atoms with van der Waals surface area (Å²) in [6.45, 7) is 2.07. The Morgan fingerprint density at radius 3 is 2.63 bits per heavy atom. The average molecular weight is 272 g/mol. The fraction of sp³-hybridized carbons (Fsp3) is 0.133. The average Bonchev–Trinajstić information content (AvgIpc) is 2.46. The van der Waals surface area contributed by atoms with Gasteiger partial charge in [-0.1, -0.05) is 29.8 Å². The molecule has 0 saturated heterocycles. The minimum Gasteiger partial charge on any atom is -0.290 e. The van der Waals surface area contributed by atoms with Gasteiger partial charge in [-0.05, 0) is 36.8 Å². The van der Waals surface area contributed by atoms with Crippen molar-refractivity contribution >= 4 is 17.7 Å². The fourth-order valence-electron chi connectivity index (χ4n) is 1.69. The molecule has 0 aliphatic heterocycles. The number of nitrogen functional groups attached to an aromatic ring is 1. The Labute approximate surface area is 117 Å². The van der Waals surface area contributed by atoms with Crippen molar-refractivity contribution in [3.05, 3.63) is 65.2 Å². The lowest BCUT2D eigenvalue weighted by Crippen LogP contribution is -2.29. The van der Waals surface area contributed by atoms with E-state index in [4.69, 9.17) is 5.84 Å². The van der Waals surface area contributed by atoms with Crippen LogP contribution in [0.25, 0.3) is 0 Å². The maximum Gasteiger partial charge on any atom is 0.265 e. The SMILES string of the molecule is Cc1ccc(SCc2cccc(C(=O)NN)c2)cc1. The van der Waals surface area contributed by atoms with Gasteiger partial charge >= 0.3 is 0 Å². The lowest BCUT2D eigenvalue weighted by Gasteiger charge is -2.05. The van der Waals surface area contributed by atoms with E-state index >= 15 is 0 Å². The van der Waals surface area contributed by atoms with E-state index in [0.717, 1.165) is 11.3 Å². The number of benzene rings is 2. The quantitative estimate of drug-likeness (QED) is 0.389. The van der Waals surface area contributed by atoms with Crippen LogP contribution in [0, 0.1) is 6.92 Å². The molecule has 98 valence electrons. The molecule has 0 bridgehead atoms. The summed E-state index contributed by atoms with van der Waals surface area (Å²) in [4.78, 5) is 12.7. The molecule has 2 rings (SSSR count). The zero-order chi connectivity index (χ0) is 13.7. The zero-order valence-electron chi connectivity index (χ0n) is 10.7. The van der Waals surface area contributed by atoms with Gasteiger partial charge in [0.05, 0.1) is 0 Å². The molecule has 0 spiro atoms. The molecule has 2 aromatic carbocycles. The van der Waals surface area contributed by atoms with Crippen LogP contribution in [0.2, 0.25) is 0 Å². The van der Waals surface area contributed by atoms with Crippen LogP contribution in [0.1, 0.15) is 21.5 Å². The second-order valence-corrected chi connectivity index (χ2v) is 5.32. The van der Waals surface area contributed by atoms with E-state index in [2.05, 4.69) is 36.6 Å². The molecule has 3 N–H and O–H groups in total. The molecule has 0 radical (unpaired) electrons. The van der Waals surface area contributed by atoms with Gasteiger partial charge in [-0.3, -0.25) is 10.2 Å². The minimum atomic E-state index is -0.262. The van der Waals surface area contributed by atoms with Crippen molar-refractivity contribution in [2.45, 2.75) is 17.6 Å². The van der Waals surface area contributed by atoms with Gasteiger partial charge in [0.15, 0.2) is 0 Å². The third-order valence-electron chi connectivity index (χ3n) is 2.75. The summed E-state index contributed by atoms with van der Waals surface area (Å²) in [6.07, 6.45) is 0. The third kappa shape index (κ3) is 3.84. The molecule has 0 aliphatic carbocycles. The molecule has 0 aliphatic rings. The normalized spacial score (nSPS) is 10.2. The summed E-state index contributed by atoms with van der Waals surface area (Å²) >= 11 is 1.75. The topological polar surface area (TPSA) is 55.1 Å². The van der Waals surface area contributed by atoms with Crippen LogP contribution in [0.3, 0.4) is 0 Å². The van der Waals surface area contributed by atoms with Crippen molar-refractivity contribution in [1.82, 2.24) is 5.43 Å². The first-order valence-electron chi connectivity index (χ1n) is 5.98. The molecule has 0 atom stereocenters. The van der Waals surface area contributed by atoms with Crippen LogP contribution in [0.5, 0.6) is 0 Å². The second-order valence-electron chi connectivity index (χ2n) is 4.28. The van der Waals surface area contributed by atoms with E-state index in [0.29, 0.717) is 5.56 Å². The zero-order valence-corrected chi connectivity index (χ0v) is 11.5. The summed E-state index contributed by atoms with van der Waals surface area (Å²) < 4.78 is 0. The van der Waals surface area contributed by atoms with Crippen LogP contribution < -0.4 is 11.3 Å². The number of carbonyl (C=O) groups excluding carboxylic acids is 1. The fourth-order valence-corrected chi connectivity index (χ4v) is 2.53. The van der Waals surface area contributed by atoms with E-state index in [9.17, 15) is 4.79 Å². The van der Waals surface area contributed by atoms with Crippen LogP contribution in [0.15, 0.2) is 53.4 Å². The second kappa shape index (κ2) is 6.41. The number of rotatable bonds is 4. The molecule has 19 heavy (non-hydrogen) atoms. The molecular formula is C15H16N2OS. The van der Waals surface area contributed by atoms with Crippen LogP contribution in [0.4, 0.5) is 0 Å². The Morgan fingerprint density at radius 1 is 1.21 bits per heavy atom. The van der Waals surface area contributed by atoms with Gasteiger partial charge in [0.2, 0.25) is 0 Å². The van der Waals surface area contributed by atoms with Crippen molar-refractivity contribution in [3.63, 3.8) is 0 Å². The van der Waals surface area contributed by atoms with E-state index < -0.39 is 0 Å². The first-order chi connectivity index (χ1) is 9.19. The Morgan fingerprint density at radius 2 is 1.95 bits per heavy atom. The molecule has 0 heterocycles. The maximum atomic E-state index is 11.4. The van der Waals surface area contributed by atoms with Gasteiger partial charge in [-0.2, -0.15) is 0 Å². The summed E-state index contributed by atoms with van der Waals surface area (Å²) in [7, 11) is 0. The molecule has 0 saturated carbocycles. The van der Waals surface area contributed by atoms with Gasteiger partial charge in [0.1, 0.15) is 0 Å².